The third-order valence-corrected chi connectivity index (χ3v) is 7.01. The van der Waals surface area contributed by atoms with E-state index in [9.17, 15) is 4.79 Å². The fraction of sp³-hybridized carbons (Fsp3) is 0.632. The lowest BCUT2D eigenvalue weighted by atomic mass is 9.49. The molecular formula is C19H24BrNO2. The molecule has 4 heteroatoms. The second kappa shape index (κ2) is 5.89. The number of carbonyl (C=O) groups is 1. The number of halogens is 1. The van der Waals surface area contributed by atoms with Gasteiger partial charge in [-0.3, -0.25) is 4.79 Å². The summed E-state index contributed by atoms with van der Waals surface area (Å²) in [5.74, 6) is 3.04. The maximum Gasteiger partial charge on any atom is 0.251 e. The molecule has 4 saturated carbocycles. The molecule has 0 atom stereocenters. The van der Waals surface area contributed by atoms with E-state index < -0.39 is 0 Å². The van der Waals surface area contributed by atoms with Gasteiger partial charge in [-0.15, -0.1) is 0 Å². The lowest BCUT2D eigenvalue weighted by Crippen LogP contribution is -2.63. The number of ether oxygens (including phenoxy) is 1. The van der Waals surface area contributed by atoms with Crippen LogP contribution >= 0.6 is 15.9 Å². The molecule has 0 radical (unpaired) electrons. The number of benzene rings is 1. The molecule has 1 N–H and O–H groups in total. The Morgan fingerprint density at radius 2 is 1.87 bits per heavy atom. The summed E-state index contributed by atoms with van der Waals surface area (Å²) >= 11 is 3.43. The molecule has 1 aromatic carbocycles. The second-order valence-electron chi connectivity index (χ2n) is 7.66. The summed E-state index contributed by atoms with van der Waals surface area (Å²) in [5, 5.41) is 3.16. The Kier molecular flexibility index (Phi) is 4.01. The quantitative estimate of drug-likeness (QED) is 0.860. The number of methoxy groups -OCH3 is 1. The second-order valence-corrected chi connectivity index (χ2v) is 8.57. The van der Waals surface area contributed by atoms with Crippen molar-refractivity contribution in [2.24, 2.45) is 23.7 Å². The summed E-state index contributed by atoms with van der Waals surface area (Å²) in [6.45, 7) is 0.642. The van der Waals surface area contributed by atoms with E-state index in [0.717, 1.165) is 16.3 Å². The summed E-state index contributed by atoms with van der Waals surface area (Å²) in [6.07, 6.45) is 6.57. The first-order valence-corrected chi connectivity index (χ1v) is 9.49. The number of amides is 1. The summed E-state index contributed by atoms with van der Waals surface area (Å²) in [7, 11) is 1.84. The molecule has 4 bridgehead atoms. The average Bonchev–Trinajstić information content (AvgIpc) is 2.54. The van der Waals surface area contributed by atoms with Crippen LogP contribution in [0.25, 0.3) is 0 Å². The summed E-state index contributed by atoms with van der Waals surface area (Å²) in [6, 6.07) is 7.56. The topological polar surface area (TPSA) is 38.3 Å². The summed E-state index contributed by atoms with van der Waals surface area (Å²) in [4.78, 5) is 12.5. The van der Waals surface area contributed by atoms with E-state index in [-0.39, 0.29) is 11.5 Å². The van der Waals surface area contributed by atoms with Gasteiger partial charge in [-0.25, -0.2) is 0 Å². The van der Waals surface area contributed by atoms with Crippen molar-refractivity contribution in [1.82, 2.24) is 5.32 Å². The number of hydrogen-bond donors (Lipinski definition) is 1. The maximum absolute atomic E-state index is 12.5. The molecule has 1 aromatic rings. The van der Waals surface area contributed by atoms with Gasteiger partial charge in [0.25, 0.3) is 5.91 Å². The molecule has 0 spiro atoms. The fourth-order valence-electron chi connectivity index (χ4n) is 5.63. The van der Waals surface area contributed by atoms with Gasteiger partial charge in [0.2, 0.25) is 0 Å². The number of carbonyl (C=O) groups excluding carboxylic acids is 1. The number of nitrogens with one attached hydrogen (secondary N) is 1. The van der Waals surface area contributed by atoms with Crippen LogP contribution in [0.4, 0.5) is 0 Å². The Morgan fingerprint density at radius 1 is 1.22 bits per heavy atom. The van der Waals surface area contributed by atoms with Crippen LogP contribution in [0.5, 0.6) is 0 Å². The van der Waals surface area contributed by atoms with E-state index in [4.69, 9.17) is 4.74 Å². The standard InChI is InChI=1S/C19H24BrNO2/c1-23-19(11-21-18(22)14-3-2-4-17(20)10-14)15-6-12-5-13(8-15)9-16(19)7-12/h2-4,10,12-13,15-16H,5-9,11H2,1H3,(H,21,22). The molecule has 1 amide bonds. The van der Waals surface area contributed by atoms with Crippen LogP contribution in [0.15, 0.2) is 28.7 Å². The lowest BCUT2D eigenvalue weighted by molar-refractivity contribution is -0.186. The maximum atomic E-state index is 12.5. The van der Waals surface area contributed by atoms with E-state index in [2.05, 4.69) is 21.2 Å². The molecule has 4 aliphatic rings. The van der Waals surface area contributed by atoms with Gasteiger partial charge >= 0.3 is 0 Å². The smallest absolute Gasteiger partial charge is 0.251 e. The van der Waals surface area contributed by atoms with Crippen molar-refractivity contribution in [1.29, 1.82) is 0 Å². The van der Waals surface area contributed by atoms with E-state index >= 15 is 0 Å². The monoisotopic (exact) mass is 377 g/mol. The first-order chi connectivity index (χ1) is 11.1. The fourth-order valence-corrected chi connectivity index (χ4v) is 6.03. The Balaban J connectivity index is 1.49. The van der Waals surface area contributed by atoms with Gasteiger partial charge in [-0.1, -0.05) is 22.0 Å². The van der Waals surface area contributed by atoms with Gasteiger partial charge in [0.15, 0.2) is 0 Å². The highest BCUT2D eigenvalue weighted by molar-refractivity contribution is 9.10. The molecule has 0 unspecified atom stereocenters. The lowest BCUT2D eigenvalue weighted by Gasteiger charge is -2.60. The van der Waals surface area contributed by atoms with Crippen LogP contribution in [0.3, 0.4) is 0 Å². The molecule has 0 aromatic heterocycles. The zero-order valence-electron chi connectivity index (χ0n) is 13.6. The largest absolute Gasteiger partial charge is 0.376 e. The number of rotatable bonds is 4. The molecule has 3 nitrogen and oxygen atoms in total. The summed E-state index contributed by atoms with van der Waals surface area (Å²) < 4.78 is 7.03. The van der Waals surface area contributed by atoms with Gasteiger partial charge in [-0.2, -0.15) is 0 Å². The minimum Gasteiger partial charge on any atom is -0.376 e. The molecule has 0 heterocycles. The molecular weight excluding hydrogens is 354 g/mol. The van der Waals surface area contributed by atoms with Crippen LogP contribution in [0.2, 0.25) is 0 Å². The zero-order valence-corrected chi connectivity index (χ0v) is 15.1. The normalized spacial score (nSPS) is 37.8. The highest BCUT2D eigenvalue weighted by Gasteiger charge is 2.57. The van der Waals surface area contributed by atoms with Gasteiger partial charge in [0.05, 0.1) is 5.60 Å². The van der Waals surface area contributed by atoms with Crippen LogP contribution in [-0.4, -0.2) is 25.2 Å². The van der Waals surface area contributed by atoms with Gasteiger partial charge in [-0.05, 0) is 74.0 Å². The summed E-state index contributed by atoms with van der Waals surface area (Å²) in [5.41, 5.74) is 0.559. The van der Waals surface area contributed by atoms with Crippen molar-refractivity contribution in [2.75, 3.05) is 13.7 Å². The van der Waals surface area contributed by atoms with Crippen molar-refractivity contribution in [3.63, 3.8) is 0 Å². The predicted octanol–water partition coefficient (Wildman–Crippen LogP) is 4.02. The van der Waals surface area contributed by atoms with Crippen LogP contribution < -0.4 is 5.32 Å². The van der Waals surface area contributed by atoms with Crippen LogP contribution in [0, 0.1) is 23.7 Å². The first-order valence-electron chi connectivity index (χ1n) is 8.69. The van der Waals surface area contributed by atoms with Crippen molar-refractivity contribution in [2.45, 2.75) is 37.7 Å². The molecule has 4 fully saturated rings. The van der Waals surface area contributed by atoms with Gasteiger partial charge in [0, 0.05) is 23.7 Å². The molecule has 23 heavy (non-hydrogen) atoms. The van der Waals surface area contributed by atoms with Gasteiger partial charge < -0.3 is 10.1 Å². The van der Waals surface area contributed by atoms with Crippen LogP contribution in [0.1, 0.15) is 42.5 Å². The Morgan fingerprint density at radius 3 is 2.43 bits per heavy atom. The Labute approximate surface area is 146 Å². The van der Waals surface area contributed by atoms with Gasteiger partial charge in [0.1, 0.15) is 0 Å². The third kappa shape index (κ3) is 2.64. The first kappa shape index (κ1) is 15.6. The van der Waals surface area contributed by atoms with Crippen molar-refractivity contribution in [3.05, 3.63) is 34.3 Å². The average molecular weight is 378 g/mol. The van der Waals surface area contributed by atoms with Crippen LogP contribution in [-0.2, 0) is 4.74 Å². The van der Waals surface area contributed by atoms with Crippen molar-refractivity contribution in [3.8, 4) is 0 Å². The molecule has 4 aliphatic carbocycles. The molecule has 124 valence electrons. The van der Waals surface area contributed by atoms with Crippen molar-refractivity contribution >= 4 is 21.8 Å². The van der Waals surface area contributed by atoms with E-state index in [0.29, 0.717) is 23.9 Å². The van der Waals surface area contributed by atoms with E-state index in [1.54, 1.807) is 0 Å². The minimum atomic E-state index is -0.144. The van der Waals surface area contributed by atoms with E-state index in [1.807, 2.05) is 31.4 Å². The third-order valence-electron chi connectivity index (χ3n) is 6.51. The SMILES string of the molecule is COC1(CNC(=O)c2cccc(Br)c2)C2CC3CC(C2)CC1C3. The molecule has 0 saturated heterocycles. The van der Waals surface area contributed by atoms with Crippen molar-refractivity contribution < 1.29 is 9.53 Å². The predicted molar refractivity (Wildman–Crippen MR) is 93.3 cm³/mol. The number of hydrogen-bond acceptors (Lipinski definition) is 2. The minimum absolute atomic E-state index is 0.00321. The zero-order chi connectivity index (χ0) is 16.0. The molecule has 0 aliphatic heterocycles. The Hall–Kier alpha value is -0.870. The Bertz CT molecular complexity index is 587. The highest BCUT2D eigenvalue weighted by atomic mass is 79.9. The highest BCUT2D eigenvalue weighted by Crippen LogP contribution is 2.59. The van der Waals surface area contributed by atoms with E-state index in [1.165, 1.54) is 32.1 Å². The molecule has 5 rings (SSSR count).